The molecule has 0 radical (unpaired) electrons. The lowest BCUT2D eigenvalue weighted by atomic mass is 10.1. The van der Waals surface area contributed by atoms with Gasteiger partial charge in [0.1, 0.15) is 11.3 Å². The van der Waals surface area contributed by atoms with Gasteiger partial charge < -0.3 is 9.84 Å². The highest BCUT2D eigenvalue weighted by atomic mass is 16.5. The van der Waals surface area contributed by atoms with Crippen molar-refractivity contribution >= 4 is 10.9 Å². The molecule has 146 valence electrons. The number of rotatable bonds is 4. The largest absolute Gasteiger partial charge is 0.495 e. The quantitative estimate of drug-likeness (QED) is 0.573. The van der Waals surface area contributed by atoms with Crippen LogP contribution in [0, 0.1) is 18.3 Å². The molecule has 0 aromatic carbocycles. The maximum atomic E-state index is 10.8. The molecule has 4 aromatic heterocycles. The second kappa shape index (κ2) is 6.63. The number of aromatic nitrogens is 5. The Morgan fingerprint density at radius 1 is 1.17 bits per heavy atom. The van der Waals surface area contributed by atoms with Gasteiger partial charge >= 0.3 is 0 Å². The van der Waals surface area contributed by atoms with Crippen molar-refractivity contribution in [3.8, 4) is 34.6 Å². The maximum absolute atomic E-state index is 10.8. The molecule has 0 unspecified atom stereocenters. The Morgan fingerprint density at radius 3 is 2.69 bits per heavy atom. The van der Waals surface area contributed by atoms with Crippen molar-refractivity contribution in [3.05, 3.63) is 48.7 Å². The van der Waals surface area contributed by atoms with Crippen LogP contribution in [0.5, 0.6) is 11.6 Å². The van der Waals surface area contributed by atoms with Crippen LogP contribution in [-0.4, -0.2) is 36.5 Å². The number of aromatic hydroxyl groups is 1. The zero-order valence-electron chi connectivity index (χ0n) is 16.6. The summed E-state index contributed by atoms with van der Waals surface area (Å²) in [6, 6.07) is 5.98. The number of methoxy groups -OCH3 is 1. The fourth-order valence-electron chi connectivity index (χ4n) is 3.20. The summed E-state index contributed by atoms with van der Waals surface area (Å²) in [6.07, 6.45) is 8.46. The predicted molar refractivity (Wildman–Crippen MR) is 108 cm³/mol. The molecule has 0 saturated carbocycles. The van der Waals surface area contributed by atoms with Crippen LogP contribution in [0.4, 0.5) is 0 Å². The van der Waals surface area contributed by atoms with Gasteiger partial charge in [0.05, 0.1) is 54.1 Å². The van der Waals surface area contributed by atoms with E-state index in [0.717, 1.165) is 16.8 Å². The highest BCUT2D eigenvalue weighted by molar-refractivity contribution is 5.90. The fourth-order valence-corrected chi connectivity index (χ4v) is 3.20. The molecule has 4 aromatic rings. The van der Waals surface area contributed by atoms with Gasteiger partial charge in [0, 0.05) is 18.0 Å². The zero-order chi connectivity index (χ0) is 20.8. The number of pyridine rings is 2. The Hall–Kier alpha value is -3.86. The normalized spacial score (nSPS) is 11.6. The molecule has 0 aliphatic rings. The van der Waals surface area contributed by atoms with E-state index in [4.69, 9.17) is 9.72 Å². The van der Waals surface area contributed by atoms with Crippen LogP contribution in [0.25, 0.3) is 27.8 Å². The third-order valence-electron chi connectivity index (χ3n) is 4.89. The van der Waals surface area contributed by atoms with Crippen molar-refractivity contribution in [2.75, 3.05) is 7.11 Å². The van der Waals surface area contributed by atoms with Crippen molar-refractivity contribution < 1.29 is 9.84 Å². The van der Waals surface area contributed by atoms with Crippen molar-refractivity contribution in [3.63, 3.8) is 0 Å². The van der Waals surface area contributed by atoms with Gasteiger partial charge in [0.2, 0.25) is 5.88 Å². The molecule has 0 aliphatic carbocycles. The van der Waals surface area contributed by atoms with E-state index in [-0.39, 0.29) is 5.88 Å². The van der Waals surface area contributed by atoms with Crippen molar-refractivity contribution in [1.82, 2.24) is 24.3 Å². The van der Waals surface area contributed by atoms with Gasteiger partial charge in [-0.25, -0.2) is 4.98 Å². The summed E-state index contributed by atoms with van der Waals surface area (Å²) in [6.45, 7) is 5.47. The Morgan fingerprint density at radius 2 is 1.97 bits per heavy atom. The first-order chi connectivity index (χ1) is 13.8. The minimum Gasteiger partial charge on any atom is -0.495 e. The van der Waals surface area contributed by atoms with E-state index in [1.165, 1.54) is 0 Å². The number of nitriles is 1. The SMILES string of the molecule is COc1cncc(-c2cc(C)c3c(O)n(-c4cnn(C(C)(C)C#N)c4)cc3n2)c1. The third-order valence-corrected chi connectivity index (χ3v) is 4.89. The summed E-state index contributed by atoms with van der Waals surface area (Å²) in [7, 11) is 1.59. The van der Waals surface area contributed by atoms with Crippen LogP contribution in [0.2, 0.25) is 0 Å². The van der Waals surface area contributed by atoms with E-state index in [1.807, 2.05) is 19.1 Å². The monoisotopic (exact) mass is 388 g/mol. The molecule has 0 aliphatic heterocycles. The van der Waals surface area contributed by atoms with E-state index in [9.17, 15) is 10.4 Å². The number of fused-ring (bicyclic) bond motifs is 1. The Labute approximate surface area is 167 Å². The first-order valence-electron chi connectivity index (χ1n) is 9.02. The molecule has 8 heteroatoms. The molecule has 0 atom stereocenters. The Kier molecular flexibility index (Phi) is 4.23. The molecule has 4 rings (SSSR count). The molecule has 4 heterocycles. The average molecular weight is 388 g/mol. The van der Waals surface area contributed by atoms with Gasteiger partial charge in [-0.3, -0.25) is 14.2 Å². The third kappa shape index (κ3) is 3.06. The van der Waals surface area contributed by atoms with Crippen LogP contribution in [0.15, 0.2) is 43.1 Å². The number of aryl methyl sites for hydroxylation is 1. The van der Waals surface area contributed by atoms with Crippen LogP contribution < -0.4 is 4.74 Å². The summed E-state index contributed by atoms with van der Waals surface area (Å²) >= 11 is 0. The second-order valence-corrected chi connectivity index (χ2v) is 7.33. The van der Waals surface area contributed by atoms with E-state index in [1.54, 1.807) is 61.2 Å². The van der Waals surface area contributed by atoms with Crippen LogP contribution in [-0.2, 0) is 5.54 Å². The predicted octanol–water partition coefficient (Wildman–Crippen LogP) is 3.57. The summed E-state index contributed by atoms with van der Waals surface area (Å²) in [5, 5.41) is 25.1. The number of ether oxygens (including phenoxy) is 1. The summed E-state index contributed by atoms with van der Waals surface area (Å²) in [5.74, 6) is 0.726. The molecule has 8 nitrogen and oxygen atoms in total. The molecule has 0 spiro atoms. The van der Waals surface area contributed by atoms with Gasteiger partial charge in [-0.1, -0.05) is 0 Å². The fraction of sp³-hybridized carbons (Fsp3) is 0.238. The number of hydrogen-bond donors (Lipinski definition) is 1. The summed E-state index contributed by atoms with van der Waals surface area (Å²) < 4.78 is 8.44. The van der Waals surface area contributed by atoms with E-state index in [2.05, 4.69) is 16.2 Å². The Bertz CT molecular complexity index is 1260. The highest BCUT2D eigenvalue weighted by Gasteiger charge is 2.22. The molecular weight excluding hydrogens is 368 g/mol. The first-order valence-corrected chi connectivity index (χ1v) is 9.02. The minimum absolute atomic E-state index is 0.0784. The number of hydrogen-bond acceptors (Lipinski definition) is 6. The van der Waals surface area contributed by atoms with E-state index >= 15 is 0 Å². The molecule has 0 fully saturated rings. The molecule has 1 N–H and O–H groups in total. The number of nitrogens with zero attached hydrogens (tertiary/aromatic N) is 6. The first kappa shape index (κ1) is 18.5. The molecule has 0 bridgehead atoms. The van der Waals surface area contributed by atoms with Crippen molar-refractivity contribution in [2.24, 2.45) is 0 Å². The van der Waals surface area contributed by atoms with Gasteiger partial charge in [0.15, 0.2) is 0 Å². The van der Waals surface area contributed by atoms with Gasteiger partial charge in [-0.15, -0.1) is 0 Å². The van der Waals surface area contributed by atoms with E-state index in [0.29, 0.717) is 22.3 Å². The van der Waals surface area contributed by atoms with E-state index < -0.39 is 5.54 Å². The Balaban J connectivity index is 1.84. The topological polar surface area (TPSA) is 102 Å². The molecule has 0 saturated heterocycles. The molecular formula is C21H20N6O2. The standard InChI is InChI=1S/C21H20N6O2/c1-13-5-17(14-6-16(29-4)9-23-7-14)25-18-11-26(20(28)19(13)18)15-8-24-27(10-15)21(2,3)12-22/h5-11,28H,1-4H3. The summed E-state index contributed by atoms with van der Waals surface area (Å²) in [5.41, 5.74) is 2.94. The van der Waals surface area contributed by atoms with Gasteiger partial charge in [-0.05, 0) is 38.5 Å². The lowest BCUT2D eigenvalue weighted by molar-refractivity contribution is 0.413. The lowest BCUT2D eigenvalue weighted by Gasteiger charge is -2.15. The van der Waals surface area contributed by atoms with Crippen LogP contribution >= 0.6 is 0 Å². The average Bonchev–Trinajstić information content (AvgIpc) is 3.33. The summed E-state index contributed by atoms with van der Waals surface area (Å²) in [4.78, 5) is 8.89. The smallest absolute Gasteiger partial charge is 0.205 e. The molecule has 0 amide bonds. The molecule has 29 heavy (non-hydrogen) atoms. The minimum atomic E-state index is -0.791. The maximum Gasteiger partial charge on any atom is 0.205 e. The van der Waals surface area contributed by atoms with Crippen molar-refractivity contribution in [2.45, 2.75) is 26.3 Å². The second-order valence-electron chi connectivity index (χ2n) is 7.33. The zero-order valence-corrected chi connectivity index (χ0v) is 16.6. The lowest BCUT2D eigenvalue weighted by Crippen LogP contribution is -2.24. The van der Waals surface area contributed by atoms with Crippen LogP contribution in [0.1, 0.15) is 19.4 Å². The van der Waals surface area contributed by atoms with Gasteiger partial charge in [-0.2, -0.15) is 10.4 Å². The van der Waals surface area contributed by atoms with Crippen molar-refractivity contribution in [1.29, 1.82) is 5.26 Å². The van der Waals surface area contributed by atoms with Crippen LogP contribution in [0.3, 0.4) is 0 Å². The highest BCUT2D eigenvalue weighted by Crippen LogP contribution is 2.34. The van der Waals surface area contributed by atoms with Gasteiger partial charge in [0.25, 0.3) is 0 Å².